The minimum atomic E-state index is 0.159. The summed E-state index contributed by atoms with van der Waals surface area (Å²) < 4.78 is 11.1. The van der Waals surface area contributed by atoms with Crippen LogP contribution in [0.15, 0.2) is 60.9 Å². The van der Waals surface area contributed by atoms with Crippen molar-refractivity contribution in [1.29, 1.82) is 0 Å². The highest BCUT2D eigenvalue weighted by molar-refractivity contribution is 5.96. The second kappa shape index (κ2) is 8.93. The molecule has 2 aromatic rings. The molecule has 2 heterocycles. The van der Waals surface area contributed by atoms with Gasteiger partial charge in [-0.3, -0.25) is 9.69 Å². The highest BCUT2D eigenvalue weighted by Crippen LogP contribution is 2.30. The molecule has 0 N–H and O–H groups in total. The fourth-order valence-electron chi connectivity index (χ4n) is 3.67. The van der Waals surface area contributed by atoms with Crippen molar-refractivity contribution in [2.24, 2.45) is 0 Å². The summed E-state index contributed by atoms with van der Waals surface area (Å²) in [6.45, 7) is 5.57. The van der Waals surface area contributed by atoms with E-state index in [0.29, 0.717) is 30.1 Å². The van der Waals surface area contributed by atoms with Crippen LogP contribution in [0.5, 0.6) is 11.5 Å². The molecule has 5 heteroatoms. The monoisotopic (exact) mass is 378 g/mol. The Morgan fingerprint density at radius 1 is 0.964 bits per heavy atom. The van der Waals surface area contributed by atoms with Crippen molar-refractivity contribution in [3.8, 4) is 11.5 Å². The van der Waals surface area contributed by atoms with Gasteiger partial charge in [0.05, 0.1) is 6.26 Å². The molecule has 5 nitrogen and oxygen atoms in total. The maximum atomic E-state index is 12.6. The van der Waals surface area contributed by atoms with Crippen LogP contribution in [0.25, 0.3) is 0 Å². The zero-order chi connectivity index (χ0) is 19.2. The average molecular weight is 378 g/mol. The van der Waals surface area contributed by atoms with E-state index in [4.69, 9.17) is 9.47 Å². The standard InChI is InChI=1S/C23H26N2O3/c26-21(19-9-10-22-23(18-19)28-17-5-16-27-22)8-4-11-24-12-14-25(15-13-24)20-6-2-1-3-7-20/h1-3,5-7,9-10,16,18H,4,8,11-15,17H2. The van der Waals surface area contributed by atoms with Gasteiger partial charge in [0.15, 0.2) is 17.3 Å². The zero-order valence-electron chi connectivity index (χ0n) is 16.0. The largest absolute Gasteiger partial charge is 0.485 e. The van der Waals surface area contributed by atoms with Crippen molar-refractivity contribution in [2.75, 3.05) is 44.2 Å². The second-order valence-electron chi connectivity index (χ2n) is 7.15. The Morgan fingerprint density at radius 2 is 1.79 bits per heavy atom. The normalized spacial score (nSPS) is 16.6. The first-order valence-electron chi connectivity index (χ1n) is 9.94. The Kier molecular flexibility index (Phi) is 5.92. The minimum absolute atomic E-state index is 0.159. The van der Waals surface area contributed by atoms with E-state index in [2.05, 4.69) is 40.1 Å². The van der Waals surface area contributed by atoms with E-state index < -0.39 is 0 Å². The summed E-state index contributed by atoms with van der Waals surface area (Å²) in [6.07, 6.45) is 4.85. The fraction of sp³-hybridized carbons (Fsp3) is 0.348. The van der Waals surface area contributed by atoms with Gasteiger partial charge in [-0.2, -0.15) is 0 Å². The molecule has 0 atom stereocenters. The van der Waals surface area contributed by atoms with Gasteiger partial charge in [0.25, 0.3) is 0 Å². The van der Waals surface area contributed by atoms with E-state index in [1.54, 1.807) is 24.5 Å². The molecule has 4 rings (SSSR count). The van der Waals surface area contributed by atoms with Crippen molar-refractivity contribution in [1.82, 2.24) is 4.90 Å². The number of hydrogen-bond acceptors (Lipinski definition) is 5. The molecule has 28 heavy (non-hydrogen) atoms. The van der Waals surface area contributed by atoms with Crippen molar-refractivity contribution >= 4 is 11.5 Å². The Balaban J connectivity index is 1.22. The van der Waals surface area contributed by atoms with Gasteiger partial charge in [0, 0.05) is 43.9 Å². The highest BCUT2D eigenvalue weighted by Gasteiger charge is 2.18. The molecule has 0 bridgehead atoms. The summed E-state index contributed by atoms with van der Waals surface area (Å²) in [5, 5.41) is 0. The lowest BCUT2D eigenvalue weighted by atomic mass is 10.1. The first kappa shape index (κ1) is 18.6. The van der Waals surface area contributed by atoms with E-state index in [9.17, 15) is 4.79 Å². The number of nitrogens with zero attached hydrogens (tertiary/aromatic N) is 2. The number of anilines is 1. The van der Waals surface area contributed by atoms with Crippen LogP contribution in [0.3, 0.4) is 0 Å². The molecule has 0 aromatic heterocycles. The molecular weight excluding hydrogens is 352 g/mol. The van der Waals surface area contributed by atoms with E-state index in [1.165, 1.54) is 5.69 Å². The molecule has 0 saturated carbocycles. The number of para-hydroxylation sites is 1. The van der Waals surface area contributed by atoms with Crippen LogP contribution in [-0.4, -0.2) is 50.0 Å². The lowest BCUT2D eigenvalue weighted by Gasteiger charge is -2.36. The minimum Gasteiger partial charge on any atom is -0.485 e. The van der Waals surface area contributed by atoms with E-state index in [0.717, 1.165) is 39.1 Å². The zero-order valence-corrected chi connectivity index (χ0v) is 16.0. The number of ketones is 1. The summed E-state index contributed by atoms with van der Waals surface area (Å²) in [5.74, 6) is 1.45. The molecular formula is C23H26N2O3. The van der Waals surface area contributed by atoms with Crippen LogP contribution in [0.1, 0.15) is 23.2 Å². The number of fused-ring (bicyclic) bond motifs is 1. The Labute approximate surface area is 166 Å². The molecule has 0 spiro atoms. The van der Waals surface area contributed by atoms with Gasteiger partial charge in [0.2, 0.25) is 0 Å². The summed E-state index contributed by atoms with van der Waals surface area (Å²) in [6, 6.07) is 16.0. The third kappa shape index (κ3) is 4.54. The Hall–Kier alpha value is -2.79. The van der Waals surface area contributed by atoms with Gasteiger partial charge >= 0.3 is 0 Å². The van der Waals surface area contributed by atoms with Crippen molar-refractivity contribution in [3.63, 3.8) is 0 Å². The maximum Gasteiger partial charge on any atom is 0.168 e. The fourth-order valence-corrected chi connectivity index (χ4v) is 3.67. The predicted octanol–water partition coefficient (Wildman–Crippen LogP) is 3.76. The van der Waals surface area contributed by atoms with Gasteiger partial charge in [-0.25, -0.2) is 0 Å². The number of carbonyl (C=O) groups excluding carboxylic acids is 1. The smallest absolute Gasteiger partial charge is 0.168 e. The third-order valence-electron chi connectivity index (χ3n) is 5.26. The van der Waals surface area contributed by atoms with Gasteiger partial charge in [-0.1, -0.05) is 18.2 Å². The summed E-state index contributed by atoms with van der Waals surface area (Å²) in [5.41, 5.74) is 1.99. The molecule has 2 aliphatic heterocycles. The number of Topliss-reactive ketones (excluding diaryl/α,β-unsaturated/α-hetero) is 1. The van der Waals surface area contributed by atoms with Crippen LogP contribution in [-0.2, 0) is 0 Å². The number of ether oxygens (including phenoxy) is 2. The van der Waals surface area contributed by atoms with Gasteiger partial charge in [0.1, 0.15) is 6.61 Å². The van der Waals surface area contributed by atoms with E-state index >= 15 is 0 Å². The Bertz CT molecular complexity index is 827. The van der Waals surface area contributed by atoms with Crippen LogP contribution in [0.2, 0.25) is 0 Å². The summed E-state index contributed by atoms with van der Waals surface area (Å²) in [4.78, 5) is 17.4. The SMILES string of the molecule is O=C(CCCN1CCN(c2ccccc2)CC1)c1ccc2c(c1)OCC=CO2. The number of carbonyl (C=O) groups is 1. The van der Waals surface area contributed by atoms with Crippen molar-refractivity contribution < 1.29 is 14.3 Å². The number of rotatable bonds is 6. The third-order valence-corrected chi connectivity index (χ3v) is 5.26. The first-order valence-corrected chi connectivity index (χ1v) is 9.94. The first-order chi connectivity index (χ1) is 13.8. The quantitative estimate of drug-likeness (QED) is 0.716. The topological polar surface area (TPSA) is 42.0 Å². The summed E-state index contributed by atoms with van der Waals surface area (Å²) >= 11 is 0. The van der Waals surface area contributed by atoms with Crippen LogP contribution < -0.4 is 14.4 Å². The molecule has 2 aromatic carbocycles. The molecule has 1 fully saturated rings. The Morgan fingerprint density at radius 3 is 2.61 bits per heavy atom. The lowest BCUT2D eigenvalue weighted by molar-refractivity contribution is 0.0973. The molecule has 0 unspecified atom stereocenters. The number of benzene rings is 2. The maximum absolute atomic E-state index is 12.6. The highest BCUT2D eigenvalue weighted by atomic mass is 16.5. The second-order valence-corrected chi connectivity index (χ2v) is 7.15. The summed E-state index contributed by atoms with van der Waals surface area (Å²) in [7, 11) is 0. The molecule has 146 valence electrons. The molecule has 1 saturated heterocycles. The van der Waals surface area contributed by atoms with Crippen LogP contribution >= 0.6 is 0 Å². The van der Waals surface area contributed by atoms with Crippen molar-refractivity contribution in [3.05, 3.63) is 66.4 Å². The van der Waals surface area contributed by atoms with Gasteiger partial charge in [-0.05, 0) is 49.4 Å². The molecule has 0 radical (unpaired) electrons. The molecule has 0 amide bonds. The lowest BCUT2D eigenvalue weighted by Crippen LogP contribution is -2.46. The van der Waals surface area contributed by atoms with Gasteiger partial charge < -0.3 is 14.4 Å². The van der Waals surface area contributed by atoms with Crippen molar-refractivity contribution in [2.45, 2.75) is 12.8 Å². The van der Waals surface area contributed by atoms with Gasteiger partial charge in [-0.15, -0.1) is 0 Å². The van der Waals surface area contributed by atoms with E-state index in [-0.39, 0.29) is 5.78 Å². The number of hydrogen-bond donors (Lipinski definition) is 0. The molecule has 2 aliphatic rings. The predicted molar refractivity (Wildman–Crippen MR) is 110 cm³/mol. The average Bonchev–Trinajstić information content (AvgIpc) is 2.99. The van der Waals surface area contributed by atoms with Crippen LogP contribution in [0.4, 0.5) is 5.69 Å². The molecule has 0 aliphatic carbocycles. The van der Waals surface area contributed by atoms with E-state index in [1.807, 2.05) is 6.07 Å². The van der Waals surface area contributed by atoms with Crippen LogP contribution in [0, 0.1) is 0 Å². The number of piperazine rings is 1.